The summed E-state index contributed by atoms with van der Waals surface area (Å²) in [4.78, 5) is 0. The third-order valence-corrected chi connectivity index (χ3v) is 2.76. The molecule has 20 heavy (non-hydrogen) atoms. The van der Waals surface area contributed by atoms with Crippen LogP contribution in [0.15, 0.2) is 54.6 Å². The van der Waals surface area contributed by atoms with Crippen LogP contribution in [0.25, 0.3) is 0 Å². The lowest BCUT2D eigenvalue weighted by atomic mass is 10.1. The summed E-state index contributed by atoms with van der Waals surface area (Å²) in [5.41, 5.74) is 0.374. The molecule has 3 nitrogen and oxygen atoms in total. The first-order valence-electron chi connectivity index (χ1n) is 6.59. The van der Waals surface area contributed by atoms with E-state index in [2.05, 4.69) is 0 Å². The van der Waals surface area contributed by atoms with Crippen LogP contribution in [-0.4, -0.2) is 16.5 Å². The Hall–Kier alpha value is -2.29. The maximum absolute atomic E-state index is 11.9. The molecule has 0 bridgehead atoms. The summed E-state index contributed by atoms with van der Waals surface area (Å²) in [6.07, 6.45) is 1.58. The third kappa shape index (κ3) is 3.85. The molecule has 2 aromatic rings. The fraction of sp³-hybridized carbons (Fsp3) is 0.235. The molecule has 0 N–H and O–H groups in total. The highest BCUT2D eigenvalue weighted by molar-refractivity contribution is 5.76. The fourth-order valence-corrected chi connectivity index (χ4v) is 1.61. The van der Waals surface area contributed by atoms with Crippen LogP contribution in [0.3, 0.4) is 0 Å². The van der Waals surface area contributed by atoms with Crippen molar-refractivity contribution >= 4 is 6.21 Å². The van der Waals surface area contributed by atoms with Gasteiger partial charge in [0, 0.05) is 26.3 Å². The summed E-state index contributed by atoms with van der Waals surface area (Å²) in [7, 11) is 0. The average Bonchev–Trinajstić information content (AvgIpc) is 2.39. The zero-order valence-electron chi connectivity index (χ0n) is 12.0. The molecule has 3 heteroatoms. The van der Waals surface area contributed by atoms with Crippen molar-refractivity contribution in [1.29, 1.82) is 0 Å². The van der Waals surface area contributed by atoms with E-state index in [1.165, 1.54) is 0 Å². The van der Waals surface area contributed by atoms with Gasteiger partial charge in [-0.1, -0.05) is 24.3 Å². The zero-order valence-corrected chi connectivity index (χ0v) is 12.0. The molecule has 0 saturated carbocycles. The monoisotopic (exact) mass is 269 g/mol. The lowest BCUT2D eigenvalue weighted by Crippen LogP contribution is -2.29. The minimum Gasteiger partial charge on any atom is -0.623 e. The largest absolute Gasteiger partial charge is 0.623 e. The quantitative estimate of drug-likeness (QED) is 0.362. The molecule has 0 unspecified atom stereocenters. The van der Waals surface area contributed by atoms with Gasteiger partial charge in [0.2, 0.25) is 0 Å². The molecule has 0 aliphatic carbocycles. The summed E-state index contributed by atoms with van der Waals surface area (Å²) >= 11 is 0. The van der Waals surface area contributed by atoms with Crippen molar-refractivity contribution in [3.8, 4) is 11.5 Å². The van der Waals surface area contributed by atoms with Crippen LogP contribution in [0.5, 0.6) is 11.5 Å². The first-order chi connectivity index (χ1) is 9.45. The predicted octanol–water partition coefficient (Wildman–Crippen LogP) is 4.21. The van der Waals surface area contributed by atoms with E-state index < -0.39 is 5.54 Å². The van der Waals surface area contributed by atoms with Gasteiger partial charge in [-0.25, -0.2) is 4.74 Å². The van der Waals surface area contributed by atoms with Gasteiger partial charge in [-0.15, -0.1) is 0 Å². The second-order valence-electron chi connectivity index (χ2n) is 5.61. The SMILES string of the molecule is CC(C)(C)/[N+]([O-])=C/c1cccc(Oc2ccccc2)c1. The van der Waals surface area contributed by atoms with Crippen molar-refractivity contribution in [1.82, 2.24) is 0 Å². The maximum Gasteiger partial charge on any atom is 0.182 e. The van der Waals surface area contributed by atoms with Gasteiger partial charge in [0.1, 0.15) is 11.5 Å². The van der Waals surface area contributed by atoms with E-state index in [0.717, 1.165) is 16.1 Å². The lowest BCUT2D eigenvalue weighted by Gasteiger charge is -2.18. The standard InChI is InChI=1S/C17H19NO2/c1-17(2,3)18(19)13-14-8-7-11-16(12-14)20-15-9-5-4-6-10-15/h4-13H,1-3H3/b18-13-. The summed E-state index contributed by atoms with van der Waals surface area (Å²) in [6, 6.07) is 17.1. The van der Waals surface area contributed by atoms with Crippen LogP contribution in [0, 0.1) is 5.21 Å². The van der Waals surface area contributed by atoms with Gasteiger partial charge in [-0.2, -0.15) is 0 Å². The van der Waals surface area contributed by atoms with Crippen molar-refractivity contribution in [3.05, 3.63) is 65.4 Å². The smallest absolute Gasteiger partial charge is 0.182 e. The highest BCUT2D eigenvalue weighted by Crippen LogP contribution is 2.21. The molecule has 0 heterocycles. The van der Waals surface area contributed by atoms with Gasteiger partial charge in [-0.3, -0.25) is 0 Å². The number of para-hydroxylation sites is 1. The first-order valence-corrected chi connectivity index (χ1v) is 6.59. The molecule has 0 atom stereocenters. The number of hydrogen-bond acceptors (Lipinski definition) is 2. The average molecular weight is 269 g/mol. The van der Waals surface area contributed by atoms with Crippen molar-refractivity contribution in [2.75, 3.05) is 0 Å². The van der Waals surface area contributed by atoms with Crippen molar-refractivity contribution < 1.29 is 9.48 Å². The first kappa shape index (κ1) is 14.1. The summed E-state index contributed by atoms with van der Waals surface area (Å²) < 4.78 is 6.70. The normalized spacial score (nSPS) is 12.2. The maximum atomic E-state index is 11.9. The highest BCUT2D eigenvalue weighted by Gasteiger charge is 2.18. The molecule has 2 rings (SSSR count). The Morgan fingerprint density at radius 3 is 2.25 bits per heavy atom. The van der Waals surface area contributed by atoms with Crippen molar-refractivity contribution in [3.63, 3.8) is 0 Å². The highest BCUT2D eigenvalue weighted by atomic mass is 16.5. The molecule has 0 saturated heterocycles. The third-order valence-electron chi connectivity index (χ3n) is 2.76. The van der Waals surface area contributed by atoms with Gasteiger partial charge >= 0.3 is 0 Å². The topological polar surface area (TPSA) is 35.3 Å². The minimum absolute atomic E-state index is 0.448. The van der Waals surface area contributed by atoms with Crippen LogP contribution >= 0.6 is 0 Å². The Labute approximate surface area is 119 Å². The molecule has 0 fully saturated rings. The number of benzene rings is 2. The van der Waals surface area contributed by atoms with Crippen LogP contribution in [0.1, 0.15) is 26.3 Å². The van der Waals surface area contributed by atoms with E-state index in [1.807, 2.05) is 75.4 Å². The molecule has 0 aliphatic heterocycles. The minimum atomic E-state index is -0.448. The van der Waals surface area contributed by atoms with Crippen LogP contribution in [-0.2, 0) is 0 Å². The van der Waals surface area contributed by atoms with Gasteiger partial charge in [-0.05, 0) is 30.3 Å². The molecule has 0 spiro atoms. The summed E-state index contributed by atoms with van der Waals surface area (Å²) in [5, 5.41) is 11.9. The van der Waals surface area contributed by atoms with E-state index in [0.29, 0.717) is 5.75 Å². The van der Waals surface area contributed by atoms with Gasteiger partial charge in [0.25, 0.3) is 0 Å². The second kappa shape index (κ2) is 5.78. The van der Waals surface area contributed by atoms with Crippen LogP contribution < -0.4 is 4.74 Å². The zero-order chi connectivity index (χ0) is 14.6. The molecular formula is C17H19NO2. The van der Waals surface area contributed by atoms with Crippen molar-refractivity contribution in [2.24, 2.45) is 0 Å². The van der Waals surface area contributed by atoms with Gasteiger partial charge < -0.3 is 9.94 Å². The van der Waals surface area contributed by atoms with Gasteiger partial charge in [0.05, 0.1) is 0 Å². The Kier molecular flexibility index (Phi) is 4.08. The van der Waals surface area contributed by atoms with Crippen LogP contribution in [0.4, 0.5) is 0 Å². The summed E-state index contributed by atoms with van der Waals surface area (Å²) in [6.45, 7) is 5.63. The molecular weight excluding hydrogens is 250 g/mol. The number of hydrogen-bond donors (Lipinski definition) is 0. The molecule has 2 aromatic carbocycles. The van der Waals surface area contributed by atoms with Crippen molar-refractivity contribution in [2.45, 2.75) is 26.3 Å². The van der Waals surface area contributed by atoms with E-state index in [1.54, 1.807) is 6.21 Å². The Morgan fingerprint density at radius 1 is 0.950 bits per heavy atom. The number of rotatable bonds is 3. The molecule has 0 radical (unpaired) electrons. The molecule has 104 valence electrons. The van der Waals surface area contributed by atoms with E-state index in [-0.39, 0.29) is 0 Å². The second-order valence-corrected chi connectivity index (χ2v) is 5.61. The number of hydroxylamine groups is 1. The van der Waals surface area contributed by atoms with Gasteiger partial charge in [0.15, 0.2) is 11.8 Å². The van der Waals surface area contributed by atoms with E-state index >= 15 is 0 Å². The predicted molar refractivity (Wildman–Crippen MR) is 81.5 cm³/mol. The Bertz CT molecular complexity index is 598. The molecule has 0 amide bonds. The van der Waals surface area contributed by atoms with E-state index in [4.69, 9.17) is 4.74 Å². The molecule has 0 aromatic heterocycles. The molecule has 0 aliphatic rings. The number of ether oxygens (including phenoxy) is 1. The Balaban J connectivity index is 2.21. The van der Waals surface area contributed by atoms with Crippen LogP contribution in [0.2, 0.25) is 0 Å². The van der Waals surface area contributed by atoms with E-state index in [9.17, 15) is 5.21 Å². The summed E-state index contributed by atoms with van der Waals surface area (Å²) in [5.74, 6) is 1.49. The Morgan fingerprint density at radius 2 is 1.60 bits per heavy atom. The number of nitrogens with zero attached hydrogens (tertiary/aromatic N) is 1. The fourth-order valence-electron chi connectivity index (χ4n) is 1.61. The lowest BCUT2D eigenvalue weighted by molar-refractivity contribution is -0.530.